The molecule has 0 aliphatic carbocycles. The van der Waals surface area contributed by atoms with E-state index in [0.29, 0.717) is 56.3 Å². The predicted octanol–water partition coefficient (Wildman–Crippen LogP) is 3.45. The van der Waals surface area contributed by atoms with Crippen molar-refractivity contribution >= 4 is 11.8 Å². The molecule has 1 N–H and O–H groups in total. The van der Waals surface area contributed by atoms with Gasteiger partial charge < -0.3 is 24.3 Å². The molecule has 1 saturated heterocycles. The van der Waals surface area contributed by atoms with Crippen molar-refractivity contribution in [2.75, 3.05) is 26.8 Å². The summed E-state index contributed by atoms with van der Waals surface area (Å²) in [5.41, 5.74) is 2.39. The van der Waals surface area contributed by atoms with E-state index in [1.165, 1.54) is 0 Å². The van der Waals surface area contributed by atoms with Gasteiger partial charge in [0, 0.05) is 37.9 Å². The Morgan fingerprint density at radius 1 is 1.12 bits per heavy atom. The van der Waals surface area contributed by atoms with Crippen LogP contribution in [0.15, 0.2) is 61.1 Å². The van der Waals surface area contributed by atoms with Crippen molar-refractivity contribution in [2.45, 2.75) is 26.3 Å². The van der Waals surface area contributed by atoms with E-state index in [4.69, 9.17) is 9.47 Å². The van der Waals surface area contributed by atoms with Gasteiger partial charge in [-0.2, -0.15) is 0 Å². The van der Waals surface area contributed by atoms with Gasteiger partial charge in [-0.05, 0) is 61.7 Å². The summed E-state index contributed by atoms with van der Waals surface area (Å²) in [6, 6.07) is 13.1. The molecule has 0 radical (unpaired) electrons. The first-order chi connectivity index (χ1) is 16.6. The number of likely N-dealkylation sites (tertiary alicyclic amines) is 1. The van der Waals surface area contributed by atoms with E-state index in [1.54, 1.807) is 19.5 Å². The quantitative estimate of drug-likeness (QED) is 0.554. The van der Waals surface area contributed by atoms with Crippen LogP contribution in [0.5, 0.6) is 11.5 Å². The van der Waals surface area contributed by atoms with E-state index in [2.05, 4.69) is 10.3 Å². The van der Waals surface area contributed by atoms with E-state index in [0.717, 1.165) is 11.3 Å². The lowest BCUT2D eigenvalue weighted by molar-refractivity contribution is -0.126. The Bertz CT molecular complexity index is 1120. The second-order valence-electron chi connectivity index (χ2n) is 8.18. The summed E-state index contributed by atoms with van der Waals surface area (Å²) in [7, 11) is 1.60. The Kier molecular flexibility index (Phi) is 7.47. The number of hydrogen-bond acceptors (Lipinski definition) is 5. The molecule has 0 bridgehead atoms. The van der Waals surface area contributed by atoms with Crippen molar-refractivity contribution in [3.63, 3.8) is 0 Å². The minimum atomic E-state index is -0.112. The van der Waals surface area contributed by atoms with Gasteiger partial charge in [-0.3, -0.25) is 14.6 Å². The summed E-state index contributed by atoms with van der Waals surface area (Å²) in [4.78, 5) is 31.9. The highest BCUT2D eigenvalue weighted by atomic mass is 16.5. The first-order valence-electron chi connectivity index (χ1n) is 11.5. The number of pyridine rings is 1. The van der Waals surface area contributed by atoms with Gasteiger partial charge >= 0.3 is 0 Å². The average Bonchev–Trinajstić information content (AvgIpc) is 3.38. The third-order valence-electron chi connectivity index (χ3n) is 6.04. The SMILES string of the molecule is CCOc1cc(CNC(=O)C2CCN(C(=O)c3cccn3-c3cccnc3)CC2)ccc1OC. The van der Waals surface area contributed by atoms with Crippen LogP contribution in [-0.2, 0) is 11.3 Å². The third kappa shape index (κ3) is 5.22. The van der Waals surface area contributed by atoms with Crippen LogP contribution in [0.4, 0.5) is 0 Å². The summed E-state index contributed by atoms with van der Waals surface area (Å²) in [6.45, 7) is 3.97. The Balaban J connectivity index is 1.31. The normalized spacial score (nSPS) is 14.0. The lowest BCUT2D eigenvalue weighted by atomic mass is 9.95. The largest absolute Gasteiger partial charge is 0.493 e. The van der Waals surface area contributed by atoms with E-state index >= 15 is 0 Å². The van der Waals surface area contributed by atoms with Gasteiger partial charge in [-0.1, -0.05) is 6.07 Å². The van der Waals surface area contributed by atoms with Gasteiger partial charge in [0.1, 0.15) is 5.69 Å². The zero-order valence-corrected chi connectivity index (χ0v) is 19.6. The Labute approximate surface area is 199 Å². The number of nitrogens with zero attached hydrogens (tertiary/aromatic N) is 3. The van der Waals surface area contributed by atoms with Gasteiger partial charge in [0.05, 0.1) is 25.6 Å². The average molecular weight is 463 g/mol. The molecule has 1 aromatic carbocycles. The summed E-state index contributed by atoms with van der Waals surface area (Å²) in [6.07, 6.45) is 6.57. The minimum absolute atomic E-state index is 0.0135. The standard InChI is InChI=1S/C26H30N4O4/c1-3-34-24-16-19(8-9-23(24)33-2)17-28-25(31)20-10-14-29(15-11-20)26(32)22-7-5-13-30(22)21-6-4-12-27-18-21/h4-9,12-13,16,18,20H,3,10-11,14-15,17H2,1-2H3,(H,28,31). The monoisotopic (exact) mass is 462 g/mol. The number of methoxy groups -OCH3 is 1. The van der Waals surface area contributed by atoms with Crippen molar-refractivity contribution in [1.82, 2.24) is 19.8 Å². The Morgan fingerprint density at radius 2 is 1.94 bits per heavy atom. The topological polar surface area (TPSA) is 85.7 Å². The maximum absolute atomic E-state index is 13.1. The van der Waals surface area contributed by atoms with Crippen LogP contribution in [0.3, 0.4) is 0 Å². The van der Waals surface area contributed by atoms with Crippen LogP contribution >= 0.6 is 0 Å². The number of piperidine rings is 1. The second kappa shape index (κ2) is 10.9. The number of rotatable bonds is 8. The summed E-state index contributed by atoms with van der Waals surface area (Å²) in [5.74, 6) is 1.20. The van der Waals surface area contributed by atoms with Crippen molar-refractivity contribution in [3.8, 4) is 17.2 Å². The number of nitrogens with one attached hydrogen (secondary N) is 1. The zero-order chi connectivity index (χ0) is 23.9. The van der Waals surface area contributed by atoms with Gasteiger partial charge in [0.15, 0.2) is 11.5 Å². The molecule has 0 spiro atoms. The van der Waals surface area contributed by atoms with Crippen LogP contribution in [-0.4, -0.2) is 53.1 Å². The van der Waals surface area contributed by atoms with Crippen LogP contribution < -0.4 is 14.8 Å². The molecule has 3 heterocycles. The third-order valence-corrected chi connectivity index (χ3v) is 6.04. The Morgan fingerprint density at radius 3 is 2.65 bits per heavy atom. The highest BCUT2D eigenvalue weighted by Gasteiger charge is 2.29. The number of aromatic nitrogens is 2. The highest BCUT2D eigenvalue weighted by molar-refractivity contribution is 5.93. The maximum atomic E-state index is 13.1. The van der Waals surface area contributed by atoms with Gasteiger partial charge in [-0.15, -0.1) is 0 Å². The summed E-state index contributed by atoms with van der Waals surface area (Å²) < 4.78 is 12.8. The number of hydrogen-bond donors (Lipinski definition) is 1. The molecule has 0 unspecified atom stereocenters. The molecule has 0 atom stereocenters. The number of carbonyl (C=O) groups excluding carboxylic acids is 2. The van der Waals surface area contributed by atoms with E-state index in [9.17, 15) is 9.59 Å². The number of ether oxygens (including phenoxy) is 2. The summed E-state index contributed by atoms with van der Waals surface area (Å²) >= 11 is 0. The Hall–Kier alpha value is -3.81. The fourth-order valence-corrected chi connectivity index (χ4v) is 4.22. The molecular weight excluding hydrogens is 432 g/mol. The van der Waals surface area contributed by atoms with E-state index in [-0.39, 0.29) is 17.7 Å². The second-order valence-corrected chi connectivity index (χ2v) is 8.18. The van der Waals surface area contributed by atoms with Crippen LogP contribution in [0.2, 0.25) is 0 Å². The van der Waals surface area contributed by atoms with Crippen molar-refractivity contribution in [3.05, 3.63) is 72.3 Å². The fraction of sp³-hybridized carbons (Fsp3) is 0.346. The minimum Gasteiger partial charge on any atom is -0.493 e. The number of carbonyl (C=O) groups is 2. The smallest absolute Gasteiger partial charge is 0.270 e. The molecule has 1 aliphatic rings. The van der Waals surface area contributed by atoms with Crippen LogP contribution in [0.25, 0.3) is 5.69 Å². The molecular formula is C26H30N4O4. The number of benzene rings is 1. The predicted molar refractivity (Wildman–Crippen MR) is 128 cm³/mol. The molecule has 4 rings (SSSR count). The van der Waals surface area contributed by atoms with Crippen molar-refractivity contribution < 1.29 is 19.1 Å². The molecule has 2 amide bonds. The molecule has 8 nitrogen and oxygen atoms in total. The zero-order valence-electron chi connectivity index (χ0n) is 19.6. The van der Waals surface area contributed by atoms with Crippen LogP contribution in [0, 0.1) is 5.92 Å². The van der Waals surface area contributed by atoms with E-state index in [1.807, 2.05) is 65.1 Å². The first kappa shape index (κ1) is 23.4. The molecule has 8 heteroatoms. The van der Waals surface area contributed by atoms with Crippen LogP contribution in [0.1, 0.15) is 35.8 Å². The first-order valence-corrected chi connectivity index (χ1v) is 11.5. The molecule has 34 heavy (non-hydrogen) atoms. The molecule has 2 aromatic heterocycles. The maximum Gasteiger partial charge on any atom is 0.270 e. The summed E-state index contributed by atoms with van der Waals surface area (Å²) in [5, 5.41) is 3.03. The van der Waals surface area contributed by atoms with Gasteiger partial charge in [0.25, 0.3) is 5.91 Å². The number of amides is 2. The van der Waals surface area contributed by atoms with Crippen molar-refractivity contribution in [1.29, 1.82) is 0 Å². The van der Waals surface area contributed by atoms with E-state index < -0.39 is 0 Å². The van der Waals surface area contributed by atoms with Gasteiger partial charge in [-0.25, -0.2) is 0 Å². The van der Waals surface area contributed by atoms with Gasteiger partial charge in [0.2, 0.25) is 5.91 Å². The fourth-order valence-electron chi connectivity index (χ4n) is 4.22. The molecule has 3 aromatic rings. The molecule has 0 saturated carbocycles. The molecule has 1 aliphatic heterocycles. The lowest BCUT2D eigenvalue weighted by Crippen LogP contribution is -2.43. The lowest BCUT2D eigenvalue weighted by Gasteiger charge is -2.31. The highest BCUT2D eigenvalue weighted by Crippen LogP contribution is 2.28. The molecule has 178 valence electrons. The molecule has 1 fully saturated rings. The van der Waals surface area contributed by atoms with Crippen molar-refractivity contribution in [2.24, 2.45) is 5.92 Å².